The lowest BCUT2D eigenvalue weighted by Gasteiger charge is -2.30. The van der Waals surface area contributed by atoms with Crippen molar-refractivity contribution in [3.63, 3.8) is 0 Å². The summed E-state index contributed by atoms with van der Waals surface area (Å²) in [6, 6.07) is 14.3. The Morgan fingerprint density at radius 3 is 2.36 bits per heavy atom. The second kappa shape index (κ2) is 8.75. The van der Waals surface area contributed by atoms with Gasteiger partial charge in [-0.1, -0.05) is 29.8 Å². The fourth-order valence-electron chi connectivity index (χ4n) is 3.36. The zero-order valence-electron chi connectivity index (χ0n) is 16.4. The Morgan fingerprint density at radius 1 is 1.04 bits per heavy atom. The lowest BCUT2D eigenvalue weighted by atomic mass is 10.1. The van der Waals surface area contributed by atoms with Crippen molar-refractivity contribution in [2.24, 2.45) is 0 Å². The highest BCUT2D eigenvalue weighted by Gasteiger charge is 2.23. The molecular weight excluding hydrogens is 374 g/mol. The fourth-order valence-corrected chi connectivity index (χ4v) is 4.48. The van der Waals surface area contributed by atoms with Crippen LogP contribution < -0.4 is 10.2 Å². The molecule has 0 aliphatic carbocycles. The van der Waals surface area contributed by atoms with Gasteiger partial charge in [-0.05, 0) is 50.5 Å². The number of rotatable bonds is 6. The number of hydrogen-bond donors (Lipinski definition) is 1. The molecule has 0 bridgehead atoms. The highest BCUT2D eigenvalue weighted by atomic mass is 32.2. The number of anilines is 2. The fraction of sp³-hybridized carbons (Fsp3) is 0.381. The SMILES string of the molecule is Cc1ccc(S(=O)(=O)N(C)CC(=O)Nc2ccccc2N2CCCCC2)cc1. The van der Waals surface area contributed by atoms with Gasteiger partial charge in [0.25, 0.3) is 0 Å². The number of piperidine rings is 1. The molecule has 0 spiro atoms. The summed E-state index contributed by atoms with van der Waals surface area (Å²) in [7, 11) is -2.29. The van der Waals surface area contributed by atoms with Gasteiger partial charge in [0.2, 0.25) is 15.9 Å². The third kappa shape index (κ3) is 4.72. The first-order valence-electron chi connectivity index (χ1n) is 9.55. The monoisotopic (exact) mass is 401 g/mol. The van der Waals surface area contributed by atoms with Crippen molar-refractivity contribution in [1.82, 2.24) is 4.31 Å². The van der Waals surface area contributed by atoms with Crippen LogP contribution in [0.1, 0.15) is 24.8 Å². The zero-order valence-corrected chi connectivity index (χ0v) is 17.2. The predicted molar refractivity (Wildman–Crippen MR) is 112 cm³/mol. The van der Waals surface area contributed by atoms with Crippen molar-refractivity contribution < 1.29 is 13.2 Å². The van der Waals surface area contributed by atoms with Gasteiger partial charge >= 0.3 is 0 Å². The van der Waals surface area contributed by atoms with Crippen molar-refractivity contribution in [3.8, 4) is 0 Å². The average molecular weight is 402 g/mol. The highest BCUT2D eigenvalue weighted by molar-refractivity contribution is 7.89. The molecule has 0 radical (unpaired) electrons. The van der Waals surface area contributed by atoms with Crippen molar-refractivity contribution >= 4 is 27.3 Å². The van der Waals surface area contributed by atoms with Crippen LogP contribution in [0.2, 0.25) is 0 Å². The van der Waals surface area contributed by atoms with Gasteiger partial charge < -0.3 is 10.2 Å². The van der Waals surface area contributed by atoms with Crippen LogP contribution in [0.3, 0.4) is 0 Å². The Labute approximate surface area is 167 Å². The first kappa shape index (κ1) is 20.4. The van der Waals surface area contributed by atoms with Gasteiger partial charge in [-0.3, -0.25) is 4.79 Å². The number of nitrogens with zero attached hydrogens (tertiary/aromatic N) is 2. The largest absolute Gasteiger partial charge is 0.370 e. The molecule has 1 amide bonds. The van der Waals surface area contributed by atoms with Gasteiger partial charge in [-0.2, -0.15) is 4.31 Å². The second-order valence-corrected chi connectivity index (χ2v) is 9.23. The minimum absolute atomic E-state index is 0.183. The number of benzene rings is 2. The van der Waals surface area contributed by atoms with Crippen LogP contribution >= 0.6 is 0 Å². The number of nitrogens with one attached hydrogen (secondary N) is 1. The third-order valence-corrected chi connectivity index (χ3v) is 6.79. The molecule has 3 rings (SSSR count). The molecule has 1 N–H and O–H groups in total. The number of aryl methyl sites for hydroxylation is 1. The van der Waals surface area contributed by atoms with Crippen LogP contribution in [0.5, 0.6) is 0 Å². The van der Waals surface area contributed by atoms with Crippen molar-refractivity contribution in [2.75, 3.05) is 36.9 Å². The summed E-state index contributed by atoms with van der Waals surface area (Å²) in [6.45, 7) is 3.58. The predicted octanol–water partition coefficient (Wildman–Crippen LogP) is 3.24. The van der Waals surface area contributed by atoms with E-state index in [9.17, 15) is 13.2 Å². The van der Waals surface area contributed by atoms with E-state index in [0.717, 1.165) is 47.2 Å². The maximum Gasteiger partial charge on any atom is 0.243 e. The molecule has 28 heavy (non-hydrogen) atoms. The van der Waals surface area contributed by atoms with Crippen LogP contribution in [0.15, 0.2) is 53.4 Å². The van der Waals surface area contributed by atoms with Crippen molar-refractivity contribution in [2.45, 2.75) is 31.1 Å². The average Bonchev–Trinajstić information content (AvgIpc) is 2.69. The van der Waals surface area contributed by atoms with E-state index in [1.54, 1.807) is 24.3 Å². The van der Waals surface area contributed by atoms with Gasteiger partial charge in [-0.15, -0.1) is 0 Å². The molecule has 1 fully saturated rings. The molecule has 0 atom stereocenters. The minimum Gasteiger partial charge on any atom is -0.370 e. The number of sulfonamides is 1. The number of amides is 1. The van der Waals surface area contributed by atoms with Gasteiger partial charge in [0.1, 0.15) is 0 Å². The topological polar surface area (TPSA) is 69.7 Å². The van der Waals surface area contributed by atoms with E-state index >= 15 is 0 Å². The van der Waals surface area contributed by atoms with Crippen molar-refractivity contribution in [3.05, 3.63) is 54.1 Å². The number of para-hydroxylation sites is 2. The maximum atomic E-state index is 12.7. The lowest BCUT2D eigenvalue weighted by Crippen LogP contribution is -2.35. The summed E-state index contributed by atoms with van der Waals surface area (Å²) < 4.78 is 26.4. The Kier molecular flexibility index (Phi) is 6.36. The summed E-state index contributed by atoms with van der Waals surface area (Å²) in [6.07, 6.45) is 3.51. The molecule has 1 saturated heterocycles. The Hall–Kier alpha value is -2.38. The third-order valence-electron chi connectivity index (χ3n) is 4.97. The first-order valence-corrected chi connectivity index (χ1v) is 11.0. The molecule has 0 aromatic heterocycles. The Balaban J connectivity index is 1.69. The van der Waals surface area contributed by atoms with E-state index in [1.165, 1.54) is 13.5 Å². The summed E-state index contributed by atoms with van der Waals surface area (Å²) >= 11 is 0. The summed E-state index contributed by atoms with van der Waals surface area (Å²) in [5.41, 5.74) is 2.68. The normalized spacial score (nSPS) is 14.9. The van der Waals surface area contributed by atoms with E-state index in [-0.39, 0.29) is 17.3 Å². The lowest BCUT2D eigenvalue weighted by molar-refractivity contribution is -0.116. The van der Waals surface area contributed by atoms with E-state index < -0.39 is 10.0 Å². The molecule has 1 aliphatic rings. The van der Waals surface area contributed by atoms with Crippen LogP contribution in [0, 0.1) is 6.92 Å². The van der Waals surface area contributed by atoms with Gasteiger partial charge in [0.15, 0.2) is 0 Å². The maximum absolute atomic E-state index is 12.7. The molecule has 150 valence electrons. The van der Waals surface area contributed by atoms with E-state index in [0.29, 0.717) is 0 Å². The molecule has 1 aliphatic heterocycles. The molecule has 2 aromatic rings. The van der Waals surface area contributed by atoms with Crippen LogP contribution in [0.25, 0.3) is 0 Å². The molecule has 0 unspecified atom stereocenters. The number of carbonyl (C=O) groups is 1. The van der Waals surface area contributed by atoms with Gasteiger partial charge in [0, 0.05) is 20.1 Å². The van der Waals surface area contributed by atoms with Gasteiger partial charge in [-0.25, -0.2) is 8.42 Å². The van der Waals surface area contributed by atoms with Crippen LogP contribution in [-0.2, 0) is 14.8 Å². The zero-order chi connectivity index (χ0) is 20.1. The van der Waals surface area contributed by atoms with Crippen LogP contribution in [0.4, 0.5) is 11.4 Å². The standard InChI is InChI=1S/C21H27N3O3S/c1-17-10-12-18(13-11-17)28(26,27)23(2)16-21(25)22-19-8-4-5-9-20(19)24-14-6-3-7-15-24/h4-5,8-13H,3,6-7,14-16H2,1-2H3,(H,22,25). The second-order valence-electron chi connectivity index (χ2n) is 7.19. The molecule has 7 heteroatoms. The minimum atomic E-state index is -3.71. The first-order chi connectivity index (χ1) is 13.4. The summed E-state index contributed by atoms with van der Waals surface area (Å²) in [4.78, 5) is 15.0. The van der Waals surface area contributed by atoms with Gasteiger partial charge in [0.05, 0.1) is 22.8 Å². The summed E-state index contributed by atoms with van der Waals surface area (Å²) in [5.74, 6) is -0.359. The smallest absolute Gasteiger partial charge is 0.243 e. The van der Waals surface area contributed by atoms with Crippen molar-refractivity contribution in [1.29, 1.82) is 0 Å². The molecule has 6 nitrogen and oxygen atoms in total. The van der Waals surface area contributed by atoms with E-state index in [1.807, 2.05) is 31.2 Å². The molecular formula is C21H27N3O3S. The van der Waals surface area contributed by atoms with Crippen LogP contribution in [-0.4, -0.2) is 45.3 Å². The quantitative estimate of drug-likeness (QED) is 0.807. The van der Waals surface area contributed by atoms with E-state index in [4.69, 9.17) is 0 Å². The summed E-state index contributed by atoms with van der Waals surface area (Å²) in [5, 5.41) is 2.88. The molecule has 1 heterocycles. The number of carbonyl (C=O) groups excluding carboxylic acids is 1. The number of likely N-dealkylation sites (N-methyl/N-ethyl adjacent to an activating group) is 1. The number of hydrogen-bond acceptors (Lipinski definition) is 4. The Morgan fingerprint density at radius 2 is 1.68 bits per heavy atom. The Bertz CT molecular complexity index is 920. The van der Waals surface area contributed by atoms with E-state index in [2.05, 4.69) is 10.2 Å². The molecule has 0 saturated carbocycles. The molecule has 2 aromatic carbocycles. The highest BCUT2D eigenvalue weighted by Crippen LogP contribution is 2.28.